The van der Waals surface area contributed by atoms with Gasteiger partial charge < -0.3 is 20.8 Å². The van der Waals surface area contributed by atoms with E-state index in [1.807, 2.05) is 78.9 Å². The maximum absolute atomic E-state index is 13.7. The minimum Gasteiger partial charge on any atom is -0.398 e. The Kier molecular flexibility index (Phi) is 6.82. The molecule has 0 radical (unpaired) electrons. The third-order valence-corrected chi connectivity index (χ3v) is 6.34. The summed E-state index contributed by atoms with van der Waals surface area (Å²) in [6.07, 6.45) is 0. The van der Waals surface area contributed by atoms with Crippen LogP contribution in [-0.2, 0) is 17.9 Å². The zero-order chi connectivity index (χ0) is 26.6. The number of hydrogen-bond donors (Lipinski definition) is 2. The summed E-state index contributed by atoms with van der Waals surface area (Å²) in [5.74, 6) is 0.403. The van der Waals surface area contributed by atoms with E-state index in [1.165, 1.54) is 6.92 Å². The van der Waals surface area contributed by atoms with E-state index in [-0.39, 0.29) is 11.8 Å². The van der Waals surface area contributed by atoms with E-state index in [0.717, 1.165) is 33.8 Å². The molecular weight excluding hydrogens is 476 g/mol. The Labute approximate surface area is 221 Å². The molecule has 190 valence electrons. The second-order valence-corrected chi connectivity index (χ2v) is 9.09. The van der Waals surface area contributed by atoms with Gasteiger partial charge in [0, 0.05) is 29.6 Å². The van der Waals surface area contributed by atoms with E-state index < -0.39 is 0 Å². The smallest absolute Gasteiger partial charge is 0.260 e. The molecule has 0 unspecified atom stereocenters. The molecule has 0 atom stereocenters. The first kappa shape index (κ1) is 24.6. The molecule has 0 saturated carbocycles. The second-order valence-electron chi connectivity index (χ2n) is 9.09. The molecular formula is C31H28N4O3. The number of benzene rings is 4. The number of fused-ring (bicyclic) bond motifs is 1. The Morgan fingerprint density at radius 3 is 2.39 bits per heavy atom. The minimum atomic E-state index is -0.213. The lowest BCUT2D eigenvalue weighted by Crippen LogP contribution is -2.29. The number of anilines is 3. The summed E-state index contributed by atoms with van der Waals surface area (Å²) in [5, 5.41) is 4.55. The standard InChI is InChI=1S/C31H28N4O3/c1-21(34(19-23-8-4-3-5-9-23)31(37)28-10-6-7-11-29(28)32)24-12-17-30-25(18-24)20-35(38-30)27-15-13-26(14-16-27)33-22(2)36/h3-18H,1,19-20,32H2,2H3,(H,33,36). The Hall–Kier alpha value is -5.04. The van der Waals surface area contributed by atoms with Crippen molar-refractivity contribution in [1.29, 1.82) is 0 Å². The molecule has 7 nitrogen and oxygen atoms in total. The highest BCUT2D eigenvalue weighted by atomic mass is 16.7. The van der Waals surface area contributed by atoms with Crippen LogP contribution < -0.4 is 21.0 Å². The van der Waals surface area contributed by atoms with Crippen molar-refractivity contribution < 1.29 is 14.4 Å². The van der Waals surface area contributed by atoms with Gasteiger partial charge in [-0.2, -0.15) is 0 Å². The fourth-order valence-electron chi connectivity index (χ4n) is 4.38. The number of nitrogen functional groups attached to an aromatic ring is 1. The number of hydrogen-bond acceptors (Lipinski definition) is 5. The van der Waals surface area contributed by atoms with Crippen LogP contribution in [0.2, 0.25) is 0 Å². The van der Waals surface area contributed by atoms with Crippen LogP contribution in [0.5, 0.6) is 5.75 Å². The molecule has 5 rings (SSSR count). The first-order valence-electron chi connectivity index (χ1n) is 12.2. The van der Waals surface area contributed by atoms with Crippen molar-refractivity contribution in [2.45, 2.75) is 20.0 Å². The van der Waals surface area contributed by atoms with E-state index in [4.69, 9.17) is 10.6 Å². The van der Waals surface area contributed by atoms with Crippen LogP contribution in [0.1, 0.15) is 34.0 Å². The number of nitrogens with one attached hydrogen (secondary N) is 1. The lowest BCUT2D eigenvalue weighted by Gasteiger charge is -2.26. The Balaban J connectivity index is 1.39. The maximum Gasteiger partial charge on any atom is 0.260 e. The fraction of sp³-hybridized carbons (Fsp3) is 0.0968. The summed E-state index contributed by atoms with van der Waals surface area (Å²) < 4.78 is 0. The summed E-state index contributed by atoms with van der Waals surface area (Å²) in [7, 11) is 0. The number of hydroxylamine groups is 1. The van der Waals surface area contributed by atoms with Gasteiger partial charge in [-0.1, -0.05) is 49.0 Å². The molecule has 0 saturated heterocycles. The lowest BCUT2D eigenvalue weighted by molar-refractivity contribution is -0.114. The Morgan fingerprint density at radius 1 is 0.974 bits per heavy atom. The third kappa shape index (κ3) is 5.22. The molecule has 7 heteroatoms. The number of para-hydroxylation sites is 1. The van der Waals surface area contributed by atoms with Crippen LogP contribution >= 0.6 is 0 Å². The molecule has 0 aliphatic carbocycles. The molecule has 0 bridgehead atoms. The largest absolute Gasteiger partial charge is 0.398 e. The van der Waals surface area contributed by atoms with Gasteiger partial charge in [0.1, 0.15) is 0 Å². The summed E-state index contributed by atoms with van der Waals surface area (Å²) in [5.41, 5.74) is 11.9. The molecule has 0 aromatic heterocycles. The van der Waals surface area contributed by atoms with E-state index in [9.17, 15) is 9.59 Å². The van der Waals surface area contributed by atoms with Crippen LogP contribution in [0.4, 0.5) is 17.1 Å². The van der Waals surface area contributed by atoms with Gasteiger partial charge in [-0.3, -0.25) is 9.59 Å². The Bertz CT molecular complexity index is 1500. The van der Waals surface area contributed by atoms with Gasteiger partial charge in [-0.15, -0.1) is 0 Å². The van der Waals surface area contributed by atoms with Crippen molar-refractivity contribution in [2.75, 3.05) is 16.1 Å². The first-order chi connectivity index (χ1) is 18.4. The first-order valence-corrected chi connectivity index (χ1v) is 12.2. The lowest BCUT2D eigenvalue weighted by atomic mass is 10.0. The number of carbonyl (C=O) groups is 2. The van der Waals surface area contributed by atoms with Gasteiger partial charge in [0.05, 0.1) is 24.3 Å². The predicted molar refractivity (Wildman–Crippen MR) is 150 cm³/mol. The number of amides is 2. The SMILES string of the molecule is C=C(c1ccc2c(c1)CN(c1ccc(NC(C)=O)cc1)O2)N(Cc1ccccc1)C(=O)c1ccccc1N. The summed E-state index contributed by atoms with van der Waals surface area (Å²) >= 11 is 0. The zero-order valence-electron chi connectivity index (χ0n) is 21.1. The van der Waals surface area contributed by atoms with Crippen molar-refractivity contribution in [2.24, 2.45) is 0 Å². The van der Waals surface area contributed by atoms with Crippen LogP contribution in [-0.4, -0.2) is 16.7 Å². The zero-order valence-corrected chi connectivity index (χ0v) is 21.1. The molecule has 3 N–H and O–H groups in total. The highest BCUT2D eigenvalue weighted by Gasteiger charge is 2.25. The topological polar surface area (TPSA) is 87.9 Å². The van der Waals surface area contributed by atoms with Crippen molar-refractivity contribution in [3.63, 3.8) is 0 Å². The molecule has 0 spiro atoms. The molecule has 1 heterocycles. The third-order valence-electron chi connectivity index (χ3n) is 6.34. The molecule has 4 aromatic rings. The highest BCUT2D eigenvalue weighted by Crippen LogP contribution is 2.35. The van der Waals surface area contributed by atoms with E-state index in [0.29, 0.717) is 30.0 Å². The summed E-state index contributed by atoms with van der Waals surface area (Å²) in [6.45, 7) is 6.66. The van der Waals surface area contributed by atoms with E-state index in [2.05, 4.69) is 11.9 Å². The predicted octanol–water partition coefficient (Wildman–Crippen LogP) is 5.85. The number of rotatable bonds is 7. The van der Waals surface area contributed by atoms with Crippen molar-refractivity contribution in [3.05, 3.63) is 126 Å². The molecule has 2 amide bonds. The van der Waals surface area contributed by atoms with Gasteiger partial charge in [-0.25, -0.2) is 5.06 Å². The minimum absolute atomic E-state index is 0.120. The van der Waals surface area contributed by atoms with Gasteiger partial charge >= 0.3 is 0 Å². The normalized spacial score (nSPS) is 11.9. The molecule has 0 fully saturated rings. The summed E-state index contributed by atoms with van der Waals surface area (Å²) in [6, 6.07) is 30.1. The molecule has 1 aliphatic heterocycles. The van der Waals surface area contributed by atoms with Crippen LogP contribution in [0.3, 0.4) is 0 Å². The van der Waals surface area contributed by atoms with Crippen molar-refractivity contribution >= 4 is 34.6 Å². The highest BCUT2D eigenvalue weighted by molar-refractivity contribution is 6.03. The fourth-order valence-corrected chi connectivity index (χ4v) is 4.38. The number of nitrogens with two attached hydrogens (primary N) is 1. The quantitative estimate of drug-likeness (QED) is 0.308. The molecule has 4 aromatic carbocycles. The van der Waals surface area contributed by atoms with Crippen LogP contribution in [0.25, 0.3) is 5.70 Å². The van der Waals surface area contributed by atoms with Gasteiger partial charge in [0.2, 0.25) is 5.91 Å². The average molecular weight is 505 g/mol. The van der Waals surface area contributed by atoms with E-state index in [1.54, 1.807) is 28.2 Å². The second kappa shape index (κ2) is 10.5. The maximum atomic E-state index is 13.7. The molecule has 38 heavy (non-hydrogen) atoms. The van der Waals surface area contributed by atoms with Gasteiger partial charge in [0.25, 0.3) is 5.91 Å². The van der Waals surface area contributed by atoms with E-state index >= 15 is 0 Å². The monoisotopic (exact) mass is 504 g/mol. The molecule has 1 aliphatic rings. The van der Waals surface area contributed by atoms with Crippen LogP contribution in [0, 0.1) is 0 Å². The van der Waals surface area contributed by atoms with Crippen molar-refractivity contribution in [1.82, 2.24) is 4.90 Å². The van der Waals surface area contributed by atoms with Gasteiger partial charge in [0.15, 0.2) is 5.75 Å². The van der Waals surface area contributed by atoms with Crippen molar-refractivity contribution in [3.8, 4) is 5.75 Å². The number of carbonyl (C=O) groups excluding carboxylic acids is 2. The number of nitrogens with zero attached hydrogens (tertiary/aromatic N) is 2. The van der Waals surface area contributed by atoms with Crippen LogP contribution in [0.15, 0.2) is 104 Å². The average Bonchev–Trinajstić information content (AvgIpc) is 3.35. The van der Waals surface area contributed by atoms with Gasteiger partial charge in [-0.05, 0) is 65.7 Å². The summed E-state index contributed by atoms with van der Waals surface area (Å²) in [4.78, 5) is 32.7. The Morgan fingerprint density at radius 2 is 1.68 bits per heavy atom.